The highest BCUT2D eigenvalue weighted by Crippen LogP contribution is 2.64. The molecule has 0 radical (unpaired) electrons. The van der Waals surface area contributed by atoms with Crippen molar-refractivity contribution in [2.24, 2.45) is 5.41 Å². The van der Waals surface area contributed by atoms with Gasteiger partial charge in [-0.15, -0.1) is 0 Å². The van der Waals surface area contributed by atoms with Crippen molar-refractivity contribution in [2.75, 3.05) is 13.7 Å². The highest BCUT2D eigenvalue weighted by Gasteiger charge is 2.76. The average Bonchev–Trinajstić information content (AvgIpc) is 3.27. The number of aliphatic carboxylic acids is 1. The maximum atomic E-state index is 13.2. The van der Waals surface area contributed by atoms with Crippen LogP contribution in [0.5, 0.6) is 0 Å². The fourth-order valence-electron chi connectivity index (χ4n) is 3.53. The van der Waals surface area contributed by atoms with E-state index in [-0.39, 0.29) is 11.5 Å². The van der Waals surface area contributed by atoms with Gasteiger partial charge in [0.1, 0.15) is 5.41 Å². The first-order valence-corrected chi connectivity index (χ1v) is 10.0. The van der Waals surface area contributed by atoms with Crippen LogP contribution >= 0.6 is 23.2 Å². The van der Waals surface area contributed by atoms with Gasteiger partial charge in [0.25, 0.3) is 0 Å². The zero-order chi connectivity index (χ0) is 19.1. The molecule has 8 heteroatoms. The van der Waals surface area contributed by atoms with Crippen molar-refractivity contribution in [1.82, 2.24) is 0 Å². The van der Waals surface area contributed by atoms with Crippen molar-refractivity contribution < 1.29 is 23.1 Å². The van der Waals surface area contributed by atoms with Crippen molar-refractivity contribution in [3.8, 4) is 0 Å². The number of methoxy groups -OCH3 is 1. The van der Waals surface area contributed by atoms with Crippen molar-refractivity contribution in [2.45, 2.75) is 16.1 Å². The Morgan fingerprint density at radius 3 is 2.35 bits per heavy atom. The molecule has 2 aromatic rings. The number of sulfone groups is 1. The summed E-state index contributed by atoms with van der Waals surface area (Å²) in [6, 6.07) is 12.3. The minimum absolute atomic E-state index is 0.0261. The van der Waals surface area contributed by atoms with E-state index in [0.717, 1.165) is 0 Å². The van der Waals surface area contributed by atoms with Crippen molar-refractivity contribution >= 4 is 39.0 Å². The van der Waals surface area contributed by atoms with Crippen LogP contribution in [0.25, 0.3) is 0 Å². The summed E-state index contributed by atoms with van der Waals surface area (Å²) >= 11 is 11.9. The maximum absolute atomic E-state index is 13.2. The van der Waals surface area contributed by atoms with Gasteiger partial charge in [0.05, 0.1) is 16.8 Å². The second-order valence-corrected chi connectivity index (χ2v) is 9.17. The Morgan fingerprint density at radius 1 is 1.15 bits per heavy atom. The van der Waals surface area contributed by atoms with Crippen LogP contribution in [0.4, 0.5) is 0 Å². The first-order valence-electron chi connectivity index (χ1n) is 7.72. The number of benzene rings is 2. The van der Waals surface area contributed by atoms with E-state index in [9.17, 15) is 18.3 Å². The van der Waals surface area contributed by atoms with Gasteiger partial charge in [-0.25, -0.2) is 8.42 Å². The van der Waals surface area contributed by atoms with E-state index in [1.807, 2.05) is 0 Å². The lowest BCUT2D eigenvalue weighted by molar-refractivity contribution is -0.145. The third-order valence-corrected chi connectivity index (χ3v) is 7.50. The molecule has 26 heavy (non-hydrogen) atoms. The molecule has 138 valence electrons. The Hall–Kier alpha value is -1.60. The van der Waals surface area contributed by atoms with Crippen LogP contribution in [-0.4, -0.2) is 38.5 Å². The molecule has 0 aromatic heterocycles. The van der Waals surface area contributed by atoms with Crippen molar-refractivity contribution in [1.29, 1.82) is 0 Å². The summed E-state index contributed by atoms with van der Waals surface area (Å²) in [4.78, 5) is 12.1. The Kier molecular flexibility index (Phi) is 5.05. The highest BCUT2D eigenvalue weighted by molar-refractivity contribution is 7.92. The Balaban J connectivity index is 2.13. The number of hydrogen-bond donors (Lipinski definition) is 1. The summed E-state index contributed by atoms with van der Waals surface area (Å²) in [5.74, 6) is -1.98. The predicted molar refractivity (Wildman–Crippen MR) is 98.6 cm³/mol. The first-order chi connectivity index (χ1) is 12.2. The topological polar surface area (TPSA) is 80.7 Å². The monoisotopic (exact) mass is 414 g/mol. The number of carboxylic acid groups (broad SMARTS) is 1. The third-order valence-electron chi connectivity index (χ3n) is 4.72. The van der Waals surface area contributed by atoms with Gasteiger partial charge in [-0.3, -0.25) is 4.79 Å². The molecule has 0 amide bonds. The smallest absolute Gasteiger partial charge is 0.314 e. The van der Waals surface area contributed by atoms with Gasteiger partial charge in [-0.1, -0.05) is 35.3 Å². The van der Waals surface area contributed by atoms with Crippen LogP contribution in [-0.2, 0) is 19.4 Å². The molecule has 5 nitrogen and oxygen atoms in total. The summed E-state index contributed by atoms with van der Waals surface area (Å²) in [7, 11) is -2.58. The van der Waals surface area contributed by atoms with Crippen LogP contribution in [0.1, 0.15) is 11.5 Å². The highest BCUT2D eigenvalue weighted by atomic mass is 35.5. The fraction of sp³-hybridized carbons (Fsp3) is 0.278. The van der Waals surface area contributed by atoms with Crippen LogP contribution in [0, 0.1) is 5.41 Å². The lowest BCUT2D eigenvalue weighted by Gasteiger charge is -2.12. The number of hydrogen-bond acceptors (Lipinski definition) is 4. The number of carbonyl (C=O) groups is 1. The Labute approximate surface area is 161 Å². The van der Waals surface area contributed by atoms with Gasteiger partial charge in [0.15, 0.2) is 9.84 Å². The van der Waals surface area contributed by atoms with E-state index in [2.05, 4.69) is 0 Å². The van der Waals surface area contributed by atoms with Crippen LogP contribution in [0.15, 0.2) is 53.4 Å². The SMILES string of the molecule is COC[C@]1(C(=O)O)[C@@H](c2cccc(Cl)c2)[C@@H]1S(=O)(=O)c1ccc(Cl)cc1. The Morgan fingerprint density at radius 2 is 1.81 bits per heavy atom. The minimum atomic E-state index is -3.93. The molecule has 1 aliphatic rings. The van der Waals surface area contributed by atoms with Crippen LogP contribution in [0.3, 0.4) is 0 Å². The fourth-order valence-corrected chi connectivity index (χ4v) is 6.21. The molecule has 0 aliphatic heterocycles. The van der Waals surface area contributed by atoms with Gasteiger partial charge >= 0.3 is 5.97 Å². The molecule has 0 unspecified atom stereocenters. The van der Waals surface area contributed by atoms with Gasteiger partial charge in [0, 0.05) is 23.1 Å². The number of ether oxygens (including phenoxy) is 1. The van der Waals surface area contributed by atoms with E-state index in [4.69, 9.17) is 27.9 Å². The van der Waals surface area contributed by atoms with E-state index in [1.165, 1.54) is 31.4 Å². The largest absolute Gasteiger partial charge is 0.481 e. The number of carboxylic acids is 1. The first kappa shape index (κ1) is 19.2. The normalized spacial score (nSPS) is 25.0. The van der Waals surface area contributed by atoms with E-state index in [0.29, 0.717) is 15.6 Å². The van der Waals surface area contributed by atoms with E-state index in [1.54, 1.807) is 24.3 Å². The second-order valence-electron chi connectivity index (χ2n) is 6.23. The molecule has 0 spiro atoms. The Bertz CT molecular complexity index is 942. The zero-order valence-electron chi connectivity index (χ0n) is 13.7. The molecule has 1 saturated carbocycles. The average molecular weight is 415 g/mol. The molecular weight excluding hydrogens is 399 g/mol. The van der Waals surface area contributed by atoms with Gasteiger partial charge in [0.2, 0.25) is 0 Å². The minimum Gasteiger partial charge on any atom is -0.481 e. The van der Waals surface area contributed by atoms with Crippen molar-refractivity contribution in [3.63, 3.8) is 0 Å². The molecule has 0 bridgehead atoms. The second kappa shape index (κ2) is 6.85. The van der Waals surface area contributed by atoms with Gasteiger partial charge in [-0.05, 0) is 42.0 Å². The van der Waals surface area contributed by atoms with Crippen LogP contribution < -0.4 is 0 Å². The third kappa shape index (κ3) is 3.01. The molecular formula is C18H16Cl2O5S. The molecule has 2 aromatic carbocycles. The predicted octanol–water partition coefficient (Wildman–Crippen LogP) is 3.65. The lowest BCUT2D eigenvalue weighted by Crippen LogP contribution is -2.28. The molecule has 0 heterocycles. The van der Waals surface area contributed by atoms with Crippen LogP contribution in [0.2, 0.25) is 10.0 Å². The van der Waals surface area contributed by atoms with E-state index >= 15 is 0 Å². The summed E-state index contributed by atoms with van der Waals surface area (Å²) in [5.41, 5.74) is -1.02. The molecule has 1 aliphatic carbocycles. The van der Waals surface area contributed by atoms with Gasteiger partial charge in [-0.2, -0.15) is 0 Å². The standard InChI is InChI=1S/C18H16Cl2O5S/c1-25-10-18(17(21)22)15(11-3-2-4-13(20)9-11)16(18)26(23,24)14-7-5-12(19)6-8-14/h2-9,15-16H,10H2,1H3,(H,21,22)/t15-,16-,18-/m0/s1. The molecule has 0 saturated heterocycles. The molecule has 3 rings (SSSR count). The zero-order valence-corrected chi connectivity index (χ0v) is 16.1. The van der Waals surface area contributed by atoms with Gasteiger partial charge < -0.3 is 9.84 Å². The van der Waals surface area contributed by atoms with E-state index < -0.39 is 32.4 Å². The summed E-state index contributed by atoms with van der Waals surface area (Å²) in [6.07, 6.45) is 0. The summed E-state index contributed by atoms with van der Waals surface area (Å²) in [5, 5.41) is 9.51. The number of rotatable bonds is 6. The molecule has 1 N–H and O–H groups in total. The maximum Gasteiger partial charge on any atom is 0.314 e. The summed E-state index contributed by atoms with van der Waals surface area (Å²) in [6.45, 7) is -0.225. The molecule has 1 fully saturated rings. The lowest BCUT2D eigenvalue weighted by atomic mass is 10.00. The quantitative estimate of drug-likeness (QED) is 0.779. The van der Waals surface area contributed by atoms with Crippen molar-refractivity contribution in [3.05, 3.63) is 64.1 Å². The molecule has 3 atom stereocenters. The summed E-state index contributed by atoms with van der Waals surface area (Å²) < 4.78 is 31.4. The number of halogens is 2.